The van der Waals surface area contributed by atoms with Gasteiger partial charge in [0.15, 0.2) is 5.43 Å². The number of thiophene rings is 1. The van der Waals surface area contributed by atoms with E-state index in [1.807, 2.05) is 29.9 Å². The van der Waals surface area contributed by atoms with E-state index in [0.29, 0.717) is 18.3 Å². The topological polar surface area (TPSA) is 60.9 Å². The summed E-state index contributed by atoms with van der Waals surface area (Å²) >= 11 is 1.46. The zero-order valence-corrected chi connectivity index (χ0v) is 11.5. The number of hydrogen-bond donors (Lipinski definition) is 0. The van der Waals surface area contributed by atoms with Crippen molar-refractivity contribution < 1.29 is 4.42 Å². The van der Waals surface area contributed by atoms with Gasteiger partial charge in [-0.1, -0.05) is 6.92 Å². The van der Waals surface area contributed by atoms with Crippen LogP contribution in [-0.4, -0.2) is 14.8 Å². The summed E-state index contributed by atoms with van der Waals surface area (Å²) in [6.45, 7) is 4.38. The van der Waals surface area contributed by atoms with Gasteiger partial charge in [-0.05, 0) is 18.4 Å². The first-order valence-electron chi connectivity index (χ1n) is 6.08. The van der Waals surface area contributed by atoms with E-state index in [4.69, 9.17) is 4.42 Å². The van der Waals surface area contributed by atoms with Crippen LogP contribution >= 0.6 is 11.3 Å². The van der Waals surface area contributed by atoms with Gasteiger partial charge in [0, 0.05) is 18.2 Å². The molecule has 0 saturated heterocycles. The lowest BCUT2D eigenvalue weighted by atomic mass is 10.3. The smallest absolute Gasteiger partial charge is 0.236 e. The first-order chi connectivity index (χ1) is 9.19. The Bertz CT molecular complexity index is 785. The maximum atomic E-state index is 11.9. The Morgan fingerprint density at radius 1 is 1.37 bits per heavy atom. The van der Waals surface area contributed by atoms with E-state index < -0.39 is 0 Å². The van der Waals surface area contributed by atoms with Gasteiger partial charge in [0.05, 0.1) is 10.2 Å². The molecule has 3 aromatic heterocycles. The predicted octanol–water partition coefficient (Wildman–Crippen LogP) is 2.37. The van der Waals surface area contributed by atoms with Gasteiger partial charge in [-0.25, -0.2) is 0 Å². The van der Waals surface area contributed by atoms with Gasteiger partial charge in [0.2, 0.25) is 11.8 Å². The Morgan fingerprint density at radius 3 is 2.89 bits per heavy atom. The molecule has 0 atom stereocenters. The van der Waals surface area contributed by atoms with E-state index in [9.17, 15) is 4.79 Å². The number of fused-ring (bicyclic) bond motifs is 1. The second-order valence-corrected chi connectivity index (χ2v) is 5.23. The summed E-state index contributed by atoms with van der Waals surface area (Å²) in [6, 6.07) is 3.60. The maximum Gasteiger partial charge on any atom is 0.236 e. The third-order valence-electron chi connectivity index (χ3n) is 3.03. The van der Waals surface area contributed by atoms with Crippen molar-refractivity contribution in [2.75, 3.05) is 0 Å². The molecule has 3 rings (SSSR count). The predicted molar refractivity (Wildman–Crippen MR) is 73.6 cm³/mol. The molecule has 0 radical (unpaired) electrons. The Labute approximate surface area is 113 Å². The molecule has 19 heavy (non-hydrogen) atoms. The molecule has 0 saturated carbocycles. The molecule has 0 aliphatic heterocycles. The van der Waals surface area contributed by atoms with Gasteiger partial charge in [-0.3, -0.25) is 4.79 Å². The zero-order valence-electron chi connectivity index (χ0n) is 10.7. The minimum Gasteiger partial charge on any atom is -0.423 e. The monoisotopic (exact) mass is 275 g/mol. The summed E-state index contributed by atoms with van der Waals surface area (Å²) in [7, 11) is 0. The van der Waals surface area contributed by atoms with Crippen molar-refractivity contribution in [3.05, 3.63) is 45.2 Å². The zero-order chi connectivity index (χ0) is 13.4. The Kier molecular flexibility index (Phi) is 2.94. The minimum absolute atomic E-state index is 0.0681. The second-order valence-electron chi connectivity index (χ2n) is 4.31. The van der Waals surface area contributed by atoms with Crippen LogP contribution in [0.3, 0.4) is 0 Å². The van der Waals surface area contributed by atoms with Crippen molar-refractivity contribution in [1.82, 2.24) is 14.8 Å². The molecule has 3 aromatic rings. The third-order valence-corrected chi connectivity index (χ3v) is 3.95. The summed E-state index contributed by atoms with van der Waals surface area (Å²) in [6.07, 6.45) is 0.726. The summed E-state index contributed by atoms with van der Waals surface area (Å²) in [5.41, 5.74) is 1.89. The van der Waals surface area contributed by atoms with E-state index in [0.717, 1.165) is 22.3 Å². The van der Waals surface area contributed by atoms with Gasteiger partial charge < -0.3 is 8.98 Å². The molecule has 0 fully saturated rings. The standard InChI is InChI=1S/C13H13N3O2S/c1-3-11-14-15-12(18-11)7-16-8(2)6-10(17)13-9(16)4-5-19-13/h4-6H,3,7H2,1-2H3. The highest BCUT2D eigenvalue weighted by atomic mass is 32.1. The van der Waals surface area contributed by atoms with Crippen molar-refractivity contribution in [3.63, 3.8) is 0 Å². The van der Waals surface area contributed by atoms with Gasteiger partial charge in [0.25, 0.3) is 0 Å². The molecule has 3 heterocycles. The fourth-order valence-electron chi connectivity index (χ4n) is 2.06. The Balaban J connectivity index is 2.09. The lowest BCUT2D eigenvalue weighted by Gasteiger charge is -2.09. The van der Waals surface area contributed by atoms with E-state index in [2.05, 4.69) is 10.2 Å². The molecule has 0 aromatic carbocycles. The Hall–Kier alpha value is -1.95. The molecule has 98 valence electrons. The van der Waals surface area contributed by atoms with Crippen LogP contribution < -0.4 is 5.43 Å². The van der Waals surface area contributed by atoms with Crippen LogP contribution in [0.15, 0.2) is 26.7 Å². The lowest BCUT2D eigenvalue weighted by Crippen LogP contribution is -2.11. The van der Waals surface area contributed by atoms with Crippen LogP contribution in [0.2, 0.25) is 0 Å². The van der Waals surface area contributed by atoms with Crippen LogP contribution in [0.4, 0.5) is 0 Å². The van der Waals surface area contributed by atoms with Gasteiger partial charge >= 0.3 is 0 Å². The van der Waals surface area contributed by atoms with Gasteiger partial charge in [-0.2, -0.15) is 0 Å². The molecule has 0 aliphatic carbocycles. The van der Waals surface area contributed by atoms with Crippen molar-refractivity contribution in [2.24, 2.45) is 0 Å². The fraction of sp³-hybridized carbons (Fsp3) is 0.308. The minimum atomic E-state index is 0.0681. The van der Waals surface area contributed by atoms with Gasteiger partial charge in [-0.15, -0.1) is 21.5 Å². The molecule has 0 unspecified atom stereocenters. The van der Waals surface area contributed by atoms with Crippen molar-refractivity contribution >= 4 is 21.6 Å². The normalized spacial score (nSPS) is 11.3. The van der Waals surface area contributed by atoms with Gasteiger partial charge in [0.1, 0.15) is 6.54 Å². The maximum absolute atomic E-state index is 11.9. The number of pyridine rings is 1. The average molecular weight is 275 g/mol. The van der Waals surface area contributed by atoms with E-state index in [1.165, 1.54) is 11.3 Å². The van der Waals surface area contributed by atoms with E-state index in [-0.39, 0.29) is 5.43 Å². The first kappa shape index (κ1) is 12.1. The summed E-state index contributed by atoms with van der Waals surface area (Å²) in [5, 5.41) is 9.91. The number of rotatable bonds is 3. The Morgan fingerprint density at radius 2 is 2.16 bits per heavy atom. The van der Waals surface area contributed by atoms with Crippen molar-refractivity contribution in [1.29, 1.82) is 0 Å². The first-order valence-corrected chi connectivity index (χ1v) is 6.96. The van der Waals surface area contributed by atoms with E-state index in [1.54, 1.807) is 6.07 Å². The number of hydrogen-bond acceptors (Lipinski definition) is 5. The summed E-state index contributed by atoms with van der Waals surface area (Å²) in [5.74, 6) is 1.20. The van der Waals surface area contributed by atoms with Crippen LogP contribution in [-0.2, 0) is 13.0 Å². The van der Waals surface area contributed by atoms with Crippen LogP contribution in [0.1, 0.15) is 24.4 Å². The number of nitrogens with zero attached hydrogens (tertiary/aromatic N) is 3. The lowest BCUT2D eigenvalue weighted by molar-refractivity contribution is 0.443. The molecule has 0 aliphatic rings. The highest BCUT2D eigenvalue weighted by Gasteiger charge is 2.11. The van der Waals surface area contributed by atoms with Crippen molar-refractivity contribution in [2.45, 2.75) is 26.8 Å². The quantitative estimate of drug-likeness (QED) is 0.736. The SMILES string of the molecule is CCc1nnc(Cn2c(C)cc(=O)c3sccc32)o1. The molecule has 6 heteroatoms. The number of aromatic nitrogens is 3. The van der Waals surface area contributed by atoms with Crippen LogP contribution in [0, 0.1) is 6.92 Å². The van der Waals surface area contributed by atoms with Crippen LogP contribution in [0.5, 0.6) is 0 Å². The second kappa shape index (κ2) is 4.62. The summed E-state index contributed by atoms with van der Waals surface area (Å²) < 4.78 is 8.32. The molecule has 5 nitrogen and oxygen atoms in total. The molecular formula is C13H13N3O2S. The van der Waals surface area contributed by atoms with Crippen LogP contribution in [0.25, 0.3) is 10.2 Å². The third kappa shape index (κ3) is 2.08. The summed E-state index contributed by atoms with van der Waals surface area (Å²) in [4.78, 5) is 11.9. The largest absolute Gasteiger partial charge is 0.423 e. The molecular weight excluding hydrogens is 262 g/mol. The molecule has 0 spiro atoms. The molecule has 0 bridgehead atoms. The van der Waals surface area contributed by atoms with Crippen molar-refractivity contribution in [3.8, 4) is 0 Å². The number of aryl methyl sites for hydroxylation is 2. The highest BCUT2D eigenvalue weighted by molar-refractivity contribution is 7.17. The van der Waals surface area contributed by atoms with E-state index >= 15 is 0 Å². The fourth-order valence-corrected chi connectivity index (χ4v) is 2.87. The molecule has 0 amide bonds. The highest BCUT2D eigenvalue weighted by Crippen LogP contribution is 2.19. The average Bonchev–Trinajstić information content (AvgIpc) is 3.03. The molecule has 0 N–H and O–H groups in total.